The number of aliphatic hydroxyl groups is 1. The Labute approximate surface area is 96.4 Å². The number of benzene rings is 1. The first-order chi connectivity index (χ1) is 7.10. The lowest BCUT2D eigenvalue weighted by atomic mass is 10.1. The van der Waals surface area contributed by atoms with E-state index < -0.39 is 11.9 Å². The fourth-order valence-corrected chi connectivity index (χ4v) is 1.74. The number of hydrogen-bond donors (Lipinski definition) is 2. The van der Waals surface area contributed by atoms with Gasteiger partial charge in [-0.15, -0.1) is 0 Å². The van der Waals surface area contributed by atoms with Crippen LogP contribution >= 0.6 is 15.9 Å². The van der Waals surface area contributed by atoms with Crippen LogP contribution in [0.5, 0.6) is 5.75 Å². The van der Waals surface area contributed by atoms with E-state index in [2.05, 4.69) is 21.2 Å². The Morgan fingerprint density at radius 3 is 2.80 bits per heavy atom. The molecule has 1 aromatic rings. The number of methoxy groups -OCH3 is 1. The Kier molecular flexibility index (Phi) is 4.50. The molecule has 0 spiro atoms. The standard InChI is InChI=1S/C10H13BrFNO2/c1-13-5-9(14)6-3-10(15-2)7(11)4-8(6)12/h3-4,9,13-14H,5H2,1-2H3. The zero-order valence-corrected chi connectivity index (χ0v) is 10.1. The van der Waals surface area contributed by atoms with Gasteiger partial charge in [-0.1, -0.05) is 0 Å². The minimum absolute atomic E-state index is 0.226. The summed E-state index contributed by atoms with van der Waals surface area (Å²) in [7, 11) is 3.18. The van der Waals surface area contributed by atoms with E-state index in [1.54, 1.807) is 7.05 Å². The maximum Gasteiger partial charge on any atom is 0.133 e. The second kappa shape index (κ2) is 5.44. The summed E-state index contributed by atoms with van der Waals surface area (Å²) in [5.74, 6) is 0.0481. The number of hydrogen-bond acceptors (Lipinski definition) is 3. The minimum Gasteiger partial charge on any atom is -0.496 e. The number of aliphatic hydroxyl groups excluding tert-OH is 1. The zero-order chi connectivity index (χ0) is 11.4. The van der Waals surface area contributed by atoms with Crippen molar-refractivity contribution < 1.29 is 14.2 Å². The lowest BCUT2D eigenvalue weighted by Gasteiger charge is -2.13. The lowest BCUT2D eigenvalue weighted by Crippen LogP contribution is -2.17. The van der Waals surface area contributed by atoms with Gasteiger partial charge in [0.1, 0.15) is 11.6 Å². The van der Waals surface area contributed by atoms with Crippen LogP contribution in [0.15, 0.2) is 16.6 Å². The van der Waals surface area contributed by atoms with Gasteiger partial charge in [-0.3, -0.25) is 0 Å². The molecule has 3 nitrogen and oxygen atoms in total. The molecule has 84 valence electrons. The Morgan fingerprint density at radius 1 is 1.60 bits per heavy atom. The van der Waals surface area contributed by atoms with Crippen LogP contribution in [0.1, 0.15) is 11.7 Å². The molecule has 0 saturated heterocycles. The smallest absolute Gasteiger partial charge is 0.133 e. The SMILES string of the molecule is CNCC(O)c1cc(OC)c(Br)cc1F. The molecule has 0 amide bonds. The summed E-state index contributed by atoms with van der Waals surface area (Å²) >= 11 is 3.17. The quantitative estimate of drug-likeness (QED) is 0.883. The highest BCUT2D eigenvalue weighted by Crippen LogP contribution is 2.30. The van der Waals surface area contributed by atoms with Gasteiger partial charge in [0.2, 0.25) is 0 Å². The third-order valence-corrected chi connectivity index (χ3v) is 2.65. The molecular weight excluding hydrogens is 265 g/mol. The number of ether oxygens (including phenoxy) is 1. The molecule has 1 atom stereocenters. The van der Waals surface area contributed by atoms with Crippen LogP contribution in [-0.4, -0.2) is 25.8 Å². The molecule has 2 N–H and O–H groups in total. The van der Waals surface area contributed by atoms with Gasteiger partial charge < -0.3 is 15.2 Å². The molecule has 0 aromatic heterocycles. The first-order valence-corrected chi connectivity index (χ1v) is 5.25. The highest BCUT2D eigenvalue weighted by atomic mass is 79.9. The van der Waals surface area contributed by atoms with Gasteiger partial charge in [-0.2, -0.15) is 0 Å². The minimum atomic E-state index is -0.878. The summed E-state index contributed by atoms with van der Waals surface area (Å²) in [6.07, 6.45) is -0.878. The van der Waals surface area contributed by atoms with E-state index in [-0.39, 0.29) is 5.56 Å². The molecule has 1 unspecified atom stereocenters. The first kappa shape index (κ1) is 12.4. The third kappa shape index (κ3) is 2.90. The van der Waals surface area contributed by atoms with E-state index >= 15 is 0 Å². The average molecular weight is 278 g/mol. The molecule has 0 heterocycles. The molecule has 0 radical (unpaired) electrons. The predicted molar refractivity (Wildman–Crippen MR) is 59.5 cm³/mol. The van der Waals surface area contributed by atoms with Gasteiger partial charge in [0.15, 0.2) is 0 Å². The number of rotatable bonds is 4. The van der Waals surface area contributed by atoms with E-state index in [1.165, 1.54) is 19.2 Å². The van der Waals surface area contributed by atoms with Crippen LogP contribution < -0.4 is 10.1 Å². The van der Waals surface area contributed by atoms with Crippen LogP contribution in [0.2, 0.25) is 0 Å². The zero-order valence-electron chi connectivity index (χ0n) is 8.55. The summed E-state index contributed by atoms with van der Waals surface area (Å²) in [5, 5.41) is 12.4. The van der Waals surface area contributed by atoms with Crippen LogP contribution in [0, 0.1) is 5.82 Å². The molecule has 0 fully saturated rings. The molecule has 0 saturated carbocycles. The molecule has 1 rings (SSSR count). The van der Waals surface area contributed by atoms with Crippen molar-refractivity contribution in [2.75, 3.05) is 20.7 Å². The topological polar surface area (TPSA) is 41.5 Å². The molecule has 0 aliphatic carbocycles. The molecule has 1 aromatic carbocycles. The molecular formula is C10H13BrFNO2. The number of likely N-dealkylation sites (N-methyl/N-ethyl adjacent to an activating group) is 1. The van der Waals surface area contributed by atoms with Crippen molar-refractivity contribution in [2.45, 2.75) is 6.10 Å². The fourth-order valence-electron chi connectivity index (χ4n) is 1.26. The third-order valence-electron chi connectivity index (χ3n) is 2.03. The Balaban J connectivity index is 3.06. The molecule has 5 heteroatoms. The van der Waals surface area contributed by atoms with Crippen molar-refractivity contribution in [3.63, 3.8) is 0 Å². The van der Waals surface area contributed by atoms with Crippen molar-refractivity contribution in [3.05, 3.63) is 28.0 Å². The molecule has 0 aliphatic rings. The second-order valence-electron chi connectivity index (χ2n) is 3.08. The normalized spacial score (nSPS) is 12.6. The highest BCUT2D eigenvalue weighted by molar-refractivity contribution is 9.10. The van der Waals surface area contributed by atoms with E-state index in [4.69, 9.17) is 4.74 Å². The monoisotopic (exact) mass is 277 g/mol. The Hall–Kier alpha value is -0.650. The Morgan fingerprint density at radius 2 is 2.27 bits per heavy atom. The molecule has 0 bridgehead atoms. The summed E-state index contributed by atoms with van der Waals surface area (Å²) in [6.45, 7) is 0.293. The summed E-state index contributed by atoms with van der Waals surface area (Å²) in [6, 6.07) is 2.77. The van der Waals surface area contributed by atoms with Gasteiger partial charge in [0.05, 0.1) is 17.7 Å². The number of halogens is 2. The van der Waals surface area contributed by atoms with Gasteiger partial charge in [-0.05, 0) is 35.1 Å². The van der Waals surface area contributed by atoms with Crippen LogP contribution in [0.3, 0.4) is 0 Å². The maximum absolute atomic E-state index is 13.5. The maximum atomic E-state index is 13.5. The van der Waals surface area contributed by atoms with Crippen molar-refractivity contribution in [1.82, 2.24) is 5.32 Å². The average Bonchev–Trinajstić information content (AvgIpc) is 2.18. The van der Waals surface area contributed by atoms with Gasteiger partial charge in [0.25, 0.3) is 0 Å². The van der Waals surface area contributed by atoms with Gasteiger partial charge in [0, 0.05) is 12.1 Å². The van der Waals surface area contributed by atoms with Crippen LogP contribution in [0.4, 0.5) is 4.39 Å². The summed E-state index contributed by atoms with van der Waals surface area (Å²) in [4.78, 5) is 0. The van der Waals surface area contributed by atoms with Crippen molar-refractivity contribution in [2.24, 2.45) is 0 Å². The molecule has 0 aliphatic heterocycles. The first-order valence-electron chi connectivity index (χ1n) is 4.45. The van der Waals surface area contributed by atoms with Gasteiger partial charge in [-0.25, -0.2) is 4.39 Å². The Bertz CT molecular complexity index is 346. The van der Waals surface area contributed by atoms with Crippen LogP contribution in [-0.2, 0) is 0 Å². The molecule has 15 heavy (non-hydrogen) atoms. The summed E-state index contributed by atoms with van der Waals surface area (Å²) in [5.41, 5.74) is 0.226. The fraction of sp³-hybridized carbons (Fsp3) is 0.400. The predicted octanol–water partition coefficient (Wildman–Crippen LogP) is 1.85. The van der Waals surface area contributed by atoms with E-state index in [9.17, 15) is 9.50 Å². The van der Waals surface area contributed by atoms with Crippen LogP contribution in [0.25, 0.3) is 0 Å². The van der Waals surface area contributed by atoms with Crippen molar-refractivity contribution in [1.29, 1.82) is 0 Å². The largest absolute Gasteiger partial charge is 0.496 e. The van der Waals surface area contributed by atoms with Crippen molar-refractivity contribution in [3.8, 4) is 5.75 Å². The van der Waals surface area contributed by atoms with Gasteiger partial charge >= 0.3 is 0 Å². The van der Waals surface area contributed by atoms with Crippen molar-refractivity contribution >= 4 is 15.9 Å². The highest BCUT2D eigenvalue weighted by Gasteiger charge is 2.15. The van der Waals surface area contributed by atoms with E-state index in [1.807, 2.05) is 0 Å². The van der Waals surface area contributed by atoms with E-state index in [0.29, 0.717) is 16.8 Å². The summed E-state index contributed by atoms with van der Waals surface area (Å²) < 4.78 is 19.0. The second-order valence-corrected chi connectivity index (χ2v) is 3.94. The number of nitrogens with one attached hydrogen (secondary N) is 1. The van der Waals surface area contributed by atoms with E-state index in [0.717, 1.165) is 0 Å². The lowest BCUT2D eigenvalue weighted by molar-refractivity contribution is 0.172.